The Bertz CT molecular complexity index is 1070. The second-order valence-corrected chi connectivity index (χ2v) is 12.3. The maximum Gasteiger partial charge on any atom is 0.271 e. The summed E-state index contributed by atoms with van der Waals surface area (Å²) in [5.74, 6) is 0.821. The fraction of sp³-hybridized carbons (Fsp3) is 0.417. The van der Waals surface area contributed by atoms with E-state index in [1.54, 1.807) is 17.4 Å². The van der Waals surface area contributed by atoms with Gasteiger partial charge in [0.2, 0.25) is 0 Å². The molecule has 0 aliphatic heterocycles. The lowest BCUT2D eigenvalue weighted by atomic mass is 9.85. The molecule has 2 heterocycles. The lowest BCUT2D eigenvalue weighted by Gasteiger charge is -2.25. The van der Waals surface area contributed by atoms with Crippen LogP contribution >= 0.6 is 22.7 Å². The van der Waals surface area contributed by atoms with Gasteiger partial charge in [0.1, 0.15) is 4.21 Å². The summed E-state index contributed by atoms with van der Waals surface area (Å²) in [5.41, 5.74) is 1.61. The van der Waals surface area contributed by atoms with Gasteiger partial charge < -0.3 is 5.32 Å². The summed E-state index contributed by atoms with van der Waals surface area (Å²) in [6.07, 6.45) is 7.98. The molecule has 3 aromatic rings. The standard InChI is InChI=1S/C24H30N2O2S3/c1-18(16-19-8-3-2-4-9-19)25-17-20-10-5-6-11-21(20)26-31(27,28)24-14-13-23(30-24)22-12-7-15-29-22/h5-7,10-15,18-19,25-26H,2-4,8-9,16-17H2,1H3/t18-/m0/s1. The average Bonchev–Trinajstić information content (AvgIpc) is 3.46. The van der Waals surface area contributed by atoms with Crippen LogP contribution in [0.3, 0.4) is 0 Å². The summed E-state index contributed by atoms with van der Waals surface area (Å²) < 4.78 is 29.2. The number of para-hydroxylation sites is 1. The molecule has 4 rings (SSSR count). The molecule has 0 spiro atoms. The lowest BCUT2D eigenvalue weighted by Crippen LogP contribution is -2.29. The number of hydrogen-bond acceptors (Lipinski definition) is 5. The van der Waals surface area contributed by atoms with Crippen LogP contribution in [0.1, 0.15) is 51.0 Å². The molecule has 7 heteroatoms. The minimum atomic E-state index is -3.62. The molecule has 1 fully saturated rings. The van der Waals surface area contributed by atoms with Gasteiger partial charge in [0.05, 0.1) is 5.69 Å². The second kappa shape index (κ2) is 10.3. The van der Waals surface area contributed by atoms with Crippen molar-refractivity contribution in [3.8, 4) is 9.75 Å². The molecule has 4 nitrogen and oxygen atoms in total. The van der Waals surface area contributed by atoms with E-state index in [0.717, 1.165) is 21.2 Å². The van der Waals surface area contributed by atoms with Gasteiger partial charge in [-0.15, -0.1) is 22.7 Å². The molecular formula is C24H30N2O2S3. The van der Waals surface area contributed by atoms with E-state index in [-0.39, 0.29) is 0 Å². The first-order valence-electron chi connectivity index (χ1n) is 11.0. The Labute approximate surface area is 193 Å². The molecule has 0 amide bonds. The van der Waals surface area contributed by atoms with Gasteiger partial charge in [-0.3, -0.25) is 4.72 Å². The summed E-state index contributed by atoms with van der Waals surface area (Å²) >= 11 is 2.92. The van der Waals surface area contributed by atoms with Crippen LogP contribution in [0.4, 0.5) is 5.69 Å². The molecule has 1 saturated carbocycles. The fourth-order valence-corrected chi connectivity index (χ4v) is 7.52. The lowest BCUT2D eigenvalue weighted by molar-refractivity contribution is 0.305. The summed E-state index contributed by atoms with van der Waals surface area (Å²) in [6.45, 7) is 2.89. The van der Waals surface area contributed by atoms with E-state index in [0.29, 0.717) is 22.5 Å². The van der Waals surface area contributed by atoms with E-state index in [9.17, 15) is 8.42 Å². The Hall–Kier alpha value is -1.67. The Morgan fingerprint density at radius 2 is 1.81 bits per heavy atom. The normalized spacial score (nSPS) is 16.3. The van der Waals surface area contributed by atoms with Crippen LogP contribution in [-0.4, -0.2) is 14.5 Å². The number of nitrogens with one attached hydrogen (secondary N) is 2. The van der Waals surface area contributed by atoms with Gasteiger partial charge in [-0.1, -0.05) is 56.4 Å². The van der Waals surface area contributed by atoms with Crippen molar-refractivity contribution in [2.24, 2.45) is 5.92 Å². The van der Waals surface area contributed by atoms with Gasteiger partial charge in [-0.2, -0.15) is 0 Å². The maximum absolute atomic E-state index is 13.0. The third kappa shape index (κ3) is 5.98. The minimum absolute atomic E-state index is 0.337. The zero-order valence-corrected chi connectivity index (χ0v) is 20.3. The molecular weight excluding hydrogens is 444 g/mol. The highest BCUT2D eigenvalue weighted by molar-refractivity contribution is 7.94. The number of rotatable bonds is 9. The van der Waals surface area contributed by atoms with Gasteiger partial charge in [0.15, 0.2) is 0 Å². The SMILES string of the molecule is C[C@@H](CC1CCCCC1)NCc1ccccc1NS(=O)(=O)c1ccc(-c2cccs2)s1. The van der Waals surface area contributed by atoms with Crippen LogP contribution in [0, 0.1) is 5.92 Å². The van der Waals surface area contributed by atoms with Gasteiger partial charge in [0.25, 0.3) is 10.0 Å². The number of sulfonamides is 1. The molecule has 0 radical (unpaired) electrons. The highest BCUT2D eigenvalue weighted by atomic mass is 32.2. The van der Waals surface area contributed by atoms with Gasteiger partial charge >= 0.3 is 0 Å². The van der Waals surface area contributed by atoms with E-state index in [1.807, 2.05) is 47.8 Å². The van der Waals surface area contributed by atoms with E-state index in [4.69, 9.17) is 0 Å². The highest BCUT2D eigenvalue weighted by Crippen LogP contribution is 2.34. The summed E-state index contributed by atoms with van der Waals surface area (Å²) in [7, 11) is -3.62. The van der Waals surface area contributed by atoms with Gasteiger partial charge in [-0.05, 0) is 54.5 Å². The first kappa shape index (κ1) is 22.5. The third-order valence-corrected chi connectivity index (χ3v) is 9.93. The summed E-state index contributed by atoms with van der Waals surface area (Å²) in [6, 6.07) is 15.6. The van der Waals surface area contributed by atoms with E-state index < -0.39 is 10.0 Å². The van der Waals surface area contributed by atoms with Crippen molar-refractivity contribution in [1.29, 1.82) is 0 Å². The smallest absolute Gasteiger partial charge is 0.271 e. The van der Waals surface area contributed by atoms with Crippen molar-refractivity contribution in [3.63, 3.8) is 0 Å². The number of hydrogen-bond donors (Lipinski definition) is 2. The molecule has 1 aliphatic rings. The fourth-order valence-electron chi connectivity index (χ4n) is 4.28. The number of thiophene rings is 2. The van der Waals surface area contributed by atoms with Gasteiger partial charge in [-0.25, -0.2) is 8.42 Å². The quantitative estimate of drug-likeness (QED) is 0.362. The Morgan fingerprint density at radius 1 is 1.00 bits per heavy atom. The maximum atomic E-state index is 13.0. The summed E-state index contributed by atoms with van der Waals surface area (Å²) in [5, 5.41) is 5.60. The van der Waals surface area contributed by atoms with Crippen LogP contribution in [0.25, 0.3) is 9.75 Å². The van der Waals surface area contributed by atoms with Crippen LogP contribution < -0.4 is 10.0 Å². The van der Waals surface area contributed by atoms with Crippen molar-refractivity contribution < 1.29 is 8.42 Å². The third-order valence-electron chi connectivity index (χ3n) is 5.92. The molecule has 31 heavy (non-hydrogen) atoms. The topological polar surface area (TPSA) is 58.2 Å². The predicted octanol–water partition coefficient (Wildman–Crippen LogP) is 6.73. The summed E-state index contributed by atoms with van der Waals surface area (Å²) in [4.78, 5) is 2.06. The van der Waals surface area contributed by atoms with Crippen LogP contribution in [0.15, 0.2) is 58.1 Å². The Balaban J connectivity index is 1.40. The molecule has 166 valence electrons. The van der Waals surface area contributed by atoms with Crippen LogP contribution in [-0.2, 0) is 16.6 Å². The van der Waals surface area contributed by atoms with Crippen molar-refractivity contribution in [1.82, 2.24) is 5.32 Å². The highest BCUT2D eigenvalue weighted by Gasteiger charge is 2.20. The first-order chi connectivity index (χ1) is 15.0. The van der Waals surface area contributed by atoms with Crippen LogP contribution in [0.2, 0.25) is 0 Å². The van der Waals surface area contributed by atoms with Crippen molar-refractivity contribution >= 4 is 38.4 Å². The first-order valence-corrected chi connectivity index (χ1v) is 14.2. The molecule has 0 saturated heterocycles. The second-order valence-electron chi connectivity index (χ2n) is 8.38. The molecule has 1 aliphatic carbocycles. The van der Waals surface area contributed by atoms with Crippen molar-refractivity contribution in [2.75, 3.05) is 4.72 Å². The largest absolute Gasteiger partial charge is 0.310 e. The molecule has 1 atom stereocenters. The minimum Gasteiger partial charge on any atom is -0.310 e. The van der Waals surface area contributed by atoms with E-state index in [2.05, 4.69) is 17.0 Å². The molecule has 0 unspecified atom stereocenters. The molecule has 2 N–H and O–H groups in total. The Kier molecular flexibility index (Phi) is 7.48. The van der Waals surface area contributed by atoms with Crippen molar-refractivity contribution in [3.05, 3.63) is 59.5 Å². The van der Waals surface area contributed by atoms with Crippen molar-refractivity contribution in [2.45, 2.75) is 62.2 Å². The van der Waals surface area contributed by atoms with E-state index in [1.165, 1.54) is 49.9 Å². The predicted molar refractivity (Wildman–Crippen MR) is 132 cm³/mol. The monoisotopic (exact) mass is 474 g/mol. The molecule has 0 bridgehead atoms. The zero-order valence-electron chi connectivity index (χ0n) is 17.8. The number of benzene rings is 1. The van der Waals surface area contributed by atoms with E-state index >= 15 is 0 Å². The van der Waals surface area contributed by atoms with Crippen LogP contribution in [0.5, 0.6) is 0 Å². The Morgan fingerprint density at radius 3 is 2.58 bits per heavy atom. The number of anilines is 1. The molecule has 1 aromatic carbocycles. The van der Waals surface area contributed by atoms with Gasteiger partial charge in [0, 0.05) is 22.3 Å². The average molecular weight is 475 g/mol. The molecule has 2 aromatic heterocycles. The zero-order chi connectivity index (χ0) is 21.7.